The zero-order chi connectivity index (χ0) is 11.4. The van der Waals surface area contributed by atoms with Crippen LogP contribution in [0.3, 0.4) is 0 Å². The molecule has 0 radical (unpaired) electrons. The Morgan fingerprint density at radius 1 is 1.47 bits per heavy atom. The minimum Gasteiger partial charge on any atom is -0.481 e. The lowest BCUT2D eigenvalue weighted by molar-refractivity contribution is -0.140. The lowest BCUT2D eigenvalue weighted by Crippen LogP contribution is -2.30. The summed E-state index contributed by atoms with van der Waals surface area (Å²) in [6.45, 7) is 2.18. The van der Waals surface area contributed by atoms with Crippen LogP contribution in [0.2, 0.25) is 0 Å². The van der Waals surface area contributed by atoms with E-state index in [0.29, 0.717) is 24.5 Å². The molecule has 0 bridgehead atoms. The van der Waals surface area contributed by atoms with Crippen LogP contribution in [0.15, 0.2) is 0 Å². The van der Waals surface area contributed by atoms with Gasteiger partial charge in [0, 0.05) is 28.9 Å². The molecule has 6 heteroatoms. The molecular formula is C9H15NO4S. The van der Waals surface area contributed by atoms with Crippen LogP contribution in [-0.2, 0) is 20.4 Å². The van der Waals surface area contributed by atoms with E-state index in [0.717, 1.165) is 0 Å². The summed E-state index contributed by atoms with van der Waals surface area (Å²) < 4.78 is 11.0. The molecule has 1 fully saturated rings. The number of amides is 1. The number of nitrogens with one attached hydrogen (secondary N) is 1. The Morgan fingerprint density at radius 2 is 2.13 bits per heavy atom. The fourth-order valence-electron chi connectivity index (χ4n) is 1.32. The molecule has 0 aliphatic heterocycles. The average molecular weight is 233 g/mol. The summed E-state index contributed by atoms with van der Waals surface area (Å²) >= 11 is 0. The van der Waals surface area contributed by atoms with Crippen molar-refractivity contribution in [3.8, 4) is 0 Å². The third-order valence-corrected chi connectivity index (χ3v) is 3.70. The number of hydrogen-bond donors (Lipinski definition) is 2. The van der Waals surface area contributed by atoms with Crippen molar-refractivity contribution in [2.45, 2.75) is 13.3 Å². The van der Waals surface area contributed by atoms with Crippen LogP contribution in [0.4, 0.5) is 0 Å². The molecule has 1 amide bonds. The number of aliphatic carboxylic acids is 1. The second-order valence-electron chi connectivity index (χ2n) is 3.51. The molecule has 3 atom stereocenters. The van der Waals surface area contributed by atoms with Gasteiger partial charge in [-0.15, -0.1) is 0 Å². The second-order valence-corrected chi connectivity index (χ2v) is 5.38. The lowest BCUT2D eigenvalue weighted by atomic mass is 10.3. The number of carboxylic acid groups (broad SMARTS) is 1. The van der Waals surface area contributed by atoms with Gasteiger partial charge in [0.05, 0.1) is 11.8 Å². The minimum atomic E-state index is -0.910. The molecule has 2 N–H and O–H groups in total. The van der Waals surface area contributed by atoms with E-state index in [1.54, 1.807) is 0 Å². The Labute approximate surface area is 90.7 Å². The van der Waals surface area contributed by atoms with E-state index in [-0.39, 0.29) is 11.8 Å². The molecule has 0 spiro atoms. The summed E-state index contributed by atoms with van der Waals surface area (Å²) in [5.41, 5.74) is 0. The largest absolute Gasteiger partial charge is 0.481 e. The molecule has 5 nitrogen and oxygen atoms in total. The van der Waals surface area contributed by atoms with Crippen molar-refractivity contribution in [2.75, 3.05) is 18.1 Å². The normalized spacial score (nSPS) is 25.7. The van der Waals surface area contributed by atoms with Gasteiger partial charge in [-0.3, -0.25) is 13.8 Å². The third-order valence-electron chi connectivity index (χ3n) is 2.40. The van der Waals surface area contributed by atoms with Crippen LogP contribution in [0, 0.1) is 11.8 Å². The standard InChI is InChI=1S/C9H15NO4S/c1-2-15(14)4-3-10-8(11)6-5-7(6)9(12)13/h6-7H,2-5H2,1H3,(H,10,11)(H,12,13). The van der Waals surface area contributed by atoms with Crippen molar-refractivity contribution in [1.82, 2.24) is 5.32 Å². The van der Waals surface area contributed by atoms with Crippen molar-refractivity contribution in [3.63, 3.8) is 0 Å². The molecule has 15 heavy (non-hydrogen) atoms. The highest BCUT2D eigenvalue weighted by atomic mass is 32.2. The smallest absolute Gasteiger partial charge is 0.307 e. The lowest BCUT2D eigenvalue weighted by Gasteiger charge is -2.03. The molecule has 0 aromatic heterocycles. The minimum absolute atomic E-state index is 0.226. The van der Waals surface area contributed by atoms with Gasteiger partial charge in [-0.25, -0.2) is 0 Å². The van der Waals surface area contributed by atoms with Gasteiger partial charge in [-0.1, -0.05) is 6.92 Å². The van der Waals surface area contributed by atoms with Gasteiger partial charge in [-0.2, -0.15) is 0 Å². The van der Waals surface area contributed by atoms with Crippen LogP contribution < -0.4 is 5.32 Å². The zero-order valence-electron chi connectivity index (χ0n) is 8.56. The van der Waals surface area contributed by atoms with E-state index in [1.165, 1.54) is 0 Å². The Kier molecular flexibility index (Phi) is 4.26. The van der Waals surface area contributed by atoms with Crippen molar-refractivity contribution in [1.29, 1.82) is 0 Å². The number of carbonyl (C=O) groups excluding carboxylic acids is 1. The Balaban J connectivity index is 2.16. The van der Waals surface area contributed by atoms with Gasteiger partial charge in [0.2, 0.25) is 5.91 Å². The molecule has 1 saturated carbocycles. The fourth-order valence-corrected chi connectivity index (χ4v) is 1.94. The van der Waals surface area contributed by atoms with Crippen LogP contribution >= 0.6 is 0 Å². The summed E-state index contributed by atoms with van der Waals surface area (Å²) in [4.78, 5) is 21.8. The fraction of sp³-hybridized carbons (Fsp3) is 0.778. The Hall–Kier alpha value is -0.910. The molecular weight excluding hydrogens is 218 g/mol. The van der Waals surface area contributed by atoms with Crippen molar-refractivity contribution >= 4 is 22.7 Å². The summed E-state index contributed by atoms with van der Waals surface area (Å²) in [7, 11) is -0.885. The van der Waals surface area contributed by atoms with Crippen LogP contribution in [0.5, 0.6) is 0 Å². The monoisotopic (exact) mass is 233 g/mol. The van der Waals surface area contributed by atoms with Gasteiger partial charge in [0.15, 0.2) is 0 Å². The maximum atomic E-state index is 11.3. The predicted octanol–water partition coefficient (Wildman–Crippen LogP) is -0.408. The molecule has 0 aromatic carbocycles. The molecule has 86 valence electrons. The summed E-state index contributed by atoms with van der Waals surface area (Å²) in [6, 6.07) is 0. The topological polar surface area (TPSA) is 83.5 Å². The highest BCUT2D eigenvalue weighted by molar-refractivity contribution is 7.84. The number of carbonyl (C=O) groups is 2. The van der Waals surface area contributed by atoms with Gasteiger partial charge >= 0.3 is 5.97 Å². The van der Waals surface area contributed by atoms with Crippen molar-refractivity contribution in [3.05, 3.63) is 0 Å². The highest BCUT2D eigenvalue weighted by Crippen LogP contribution is 2.38. The zero-order valence-corrected chi connectivity index (χ0v) is 9.38. The van der Waals surface area contributed by atoms with E-state index in [2.05, 4.69) is 5.32 Å². The van der Waals surface area contributed by atoms with E-state index < -0.39 is 22.7 Å². The number of hydrogen-bond acceptors (Lipinski definition) is 3. The van der Waals surface area contributed by atoms with Gasteiger partial charge in [0.1, 0.15) is 0 Å². The molecule has 0 saturated heterocycles. The van der Waals surface area contributed by atoms with Crippen molar-refractivity contribution in [2.24, 2.45) is 11.8 Å². The average Bonchev–Trinajstić information content (AvgIpc) is 2.96. The number of rotatable bonds is 6. The van der Waals surface area contributed by atoms with Gasteiger partial charge in [-0.05, 0) is 6.42 Å². The molecule has 3 unspecified atom stereocenters. The van der Waals surface area contributed by atoms with Crippen LogP contribution in [0.1, 0.15) is 13.3 Å². The Bertz CT molecular complexity index is 292. The SMILES string of the molecule is CCS(=O)CCNC(=O)C1CC1C(=O)O. The summed E-state index contributed by atoms with van der Waals surface area (Å²) in [6.07, 6.45) is 0.429. The summed E-state index contributed by atoms with van der Waals surface area (Å²) in [5.74, 6) is -1.01. The first-order chi connectivity index (χ1) is 7.06. The first-order valence-corrected chi connectivity index (χ1v) is 6.40. The molecule has 1 aliphatic carbocycles. The number of carboxylic acids is 1. The second kappa shape index (κ2) is 5.25. The predicted molar refractivity (Wildman–Crippen MR) is 55.8 cm³/mol. The van der Waals surface area contributed by atoms with E-state index in [9.17, 15) is 13.8 Å². The van der Waals surface area contributed by atoms with Crippen molar-refractivity contribution < 1.29 is 18.9 Å². The molecule has 1 aliphatic rings. The maximum Gasteiger partial charge on any atom is 0.307 e. The molecule has 0 heterocycles. The van der Waals surface area contributed by atoms with E-state index >= 15 is 0 Å². The first kappa shape index (κ1) is 12.2. The summed E-state index contributed by atoms with van der Waals surface area (Å²) in [5, 5.41) is 11.2. The highest BCUT2D eigenvalue weighted by Gasteiger charge is 2.48. The van der Waals surface area contributed by atoms with E-state index in [4.69, 9.17) is 5.11 Å². The Morgan fingerprint density at radius 3 is 2.60 bits per heavy atom. The van der Waals surface area contributed by atoms with Crippen LogP contribution in [0.25, 0.3) is 0 Å². The van der Waals surface area contributed by atoms with E-state index in [1.807, 2.05) is 6.92 Å². The molecule has 1 rings (SSSR count). The molecule has 0 aromatic rings. The first-order valence-electron chi connectivity index (χ1n) is 4.91. The quantitative estimate of drug-likeness (QED) is 0.653. The third kappa shape index (κ3) is 3.62. The van der Waals surface area contributed by atoms with Crippen LogP contribution in [-0.4, -0.2) is 39.2 Å². The maximum absolute atomic E-state index is 11.3. The van der Waals surface area contributed by atoms with Gasteiger partial charge < -0.3 is 10.4 Å². The van der Waals surface area contributed by atoms with Gasteiger partial charge in [0.25, 0.3) is 0 Å².